The van der Waals surface area contributed by atoms with E-state index in [9.17, 15) is 14.4 Å². The first-order valence-corrected chi connectivity index (χ1v) is 9.63. The van der Waals surface area contributed by atoms with E-state index >= 15 is 0 Å². The Morgan fingerprint density at radius 3 is 2.68 bits per heavy atom. The maximum Gasteiger partial charge on any atom is 0.359 e. The van der Waals surface area contributed by atoms with Crippen LogP contribution in [-0.2, 0) is 9.53 Å². The maximum atomic E-state index is 13.1. The number of carbonyl (C=O) groups excluding carboxylic acids is 2. The van der Waals surface area contributed by atoms with E-state index in [1.807, 2.05) is 0 Å². The van der Waals surface area contributed by atoms with Gasteiger partial charge >= 0.3 is 5.97 Å². The number of halogens is 1. The molecule has 0 aliphatic rings. The second-order valence-electron chi connectivity index (χ2n) is 5.61. The van der Waals surface area contributed by atoms with E-state index in [2.05, 4.69) is 10.4 Å². The molecular formula is C19H16ClN3O4S. The quantitative estimate of drug-likeness (QED) is 0.503. The van der Waals surface area contributed by atoms with Crippen molar-refractivity contribution in [3.8, 4) is 5.69 Å². The number of fused-ring (bicyclic) bond motifs is 1. The number of allylic oxidation sites excluding steroid dienone is 1. The standard InChI is InChI=1S/C19H16ClN3O4S/c1-3-5-14(24)21-17-15-13(10-28-17)16(19(26)27-4-2)22-23(18(15)25)12-8-6-11(20)7-9-12/h3,5-10H,4H2,1-2H3,(H,21,24)/b5-3-. The van der Waals surface area contributed by atoms with Gasteiger partial charge in [0.15, 0.2) is 5.69 Å². The highest BCUT2D eigenvalue weighted by Crippen LogP contribution is 2.30. The van der Waals surface area contributed by atoms with Crippen LogP contribution in [0.4, 0.5) is 5.00 Å². The molecule has 2 heterocycles. The van der Waals surface area contributed by atoms with Crippen molar-refractivity contribution < 1.29 is 14.3 Å². The SMILES string of the molecule is C/C=C\C(=O)Nc1scc2c(C(=O)OCC)nn(-c3ccc(Cl)cc3)c(=O)c12. The summed E-state index contributed by atoms with van der Waals surface area (Å²) in [5.41, 5.74) is -0.0460. The van der Waals surface area contributed by atoms with Gasteiger partial charge in [-0.25, -0.2) is 4.79 Å². The Morgan fingerprint density at radius 1 is 1.32 bits per heavy atom. The third-order valence-corrected chi connectivity index (χ3v) is 4.89. The molecule has 1 amide bonds. The molecule has 3 aromatic rings. The van der Waals surface area contributed by atoms with Gasteiger partial charge in [-0.05, 0) is 44.2 Å². The molecule has 0 fully saturated rings. The number of aromatic nitrogens is 2. The molecule has 0 radical (unpaired) electrons. The van der Waals surface area contributed by atoms with Crippen LogP contribution in [0.3, 0.4) is 0 Å². The Hall–Kier alpha value is -2.97. The van der Waals surface area contributed by atoms with Gasteiger partial charge in [0.1, 0.15) is 5.00 Å². The molecule has 0 saturated carbocycles. The molecule has 0 aliphatic carbocycles. The number of nitrogens with one attached hydrogen (secondary N) is 1. The topological polar surface area (TPSA) is 90.3 Å². The lowest BCUT2D eigenvalue weighted by Crippen LogP contribution is -2.25. The molecule has 1 N–H and O–H groups in total. The van der Waals surface area contributed by atoms with E-state index in [0.717, 1.165) is 16.0 Å². The Labute approximate surface area is 169 Å². The van der Waals surface area contributed by atoms with Crippen molar-refractivity contribution in [2.75, 3.05) is 11.9 Å². The number of benzene rings is 1. The second-order valence-corrected chi connectivity index (χ2v) is 6.92. The summed E-state index contributed by atoms with van der Waals surface area (Å²) < 4.78 is 6.18. The van der Waals surface area contributed by atoms with E-state index in [0.29, 0.717) is 21.1 Å². The van der Waals surface area contributed by atoms with Crippen LogP contribution in [-0.4, -0.2) is 28.3 Å². The molecule has 0 spiro atoms. The normalized spacial score (nSPS) is 11.1. The number of nitrogens with zero attached hydrogens (tertiary/aromatic N) is 2. The van der Waals surface area contributed by atoms with Crippen LogP contribution >= 0.6 is 22.9 Å². The number of hydrogen-bond acceptors (Lipinski definition) is 6. The van der Waals surface area contributed by atoms with Crippen LogP contribution in [0.2, 0.25) is 5.02 Å². The van der Waals surface area contributed by atoms with Gasteiger partial charge in [-0.1, -0.05) is 17.7 Å². The van der Waals surface area contributed by atoms with Crippen molar-refractivity contribution >= 4 is 50.6 Å². The van der Waals surface area contributed by atoms with Crippen molar-refractivity contribution in [2.45, 2.75) is 13.8 Å². The van der Waals surface area contributed by atoms with E-state index < -0.39 is 11.5 Å². The van der Waals surface area contributed by atoms with E-state index in [4.69, 9.17) is 16.3 Å². The third kappa shape index (κ3) is 3.83. The summed E-state index contributed by atoms with van der Waals surface area (Å²) in [6, 6.07) is 6.45. The summed E-state index contributed by atoms with van der Waals surface area (Å²) in [5.74, 6) is -1.03. The average Bonchev–Trinajstić information content (AvgIpc) is 3.07. The Morgan fingerprint density at radius 2 is 2.04 bits per heavy atom. The largest absolute Gasteiger partial charge is 0.461 e. The lowest BCUT2D eigenvalue weighted by molar-refractivity contribution is -0.111. The van der Waals surface area contributed by atoms with Crippen LogP contribution in [0, 0.1) is 0 Å². The minimum Gasteiger partial charge on any atom is -0.461 e. The minimum absolute atomic E-state index is 0.00539. The van der Waals surface area contributed by atoms with Gasteiger partial charge < -0.3 is 10.1 Å². The summed E-state index contributed by atoms with van der Waals surface area (Å²) in [6.45, 7) is 3.56. The second kappa shape index (κ2) is 8.37. The van der Waals surface area contributed by atoms with Gasteiger partial charge in [-0.3, -0.25) is 9.59 Å². The number of anilines is 1. The maximum absolute atomic E-state index is 13.1. The van der Waals surface area contributed by atoms with Gasteiger partial charge in [0, 0.05) is 15.8 Å². The number of esters is 1. The van der Waals surface area contributed by atoms with Crippen molar-refractivity contribution in [1.29, 1.82) is 0 Å². The highest BCUT2D eigenvalue weighted by molar-refractivity contribution is 7.16. The zero-order valence-electron chi connectivity index (χ0n) is 15.1. The highest BCUT2D eigenvalue weighted by Gasteiger charge is 2.22. The lowest BCUT2D eigenvalue weighted by Gasteiger charge is -2.09. The van der Waals surface area contributed by atoms with Crippen molar-refractivity contribution in [1.82, 2.24) is 9.78 Å². The molecule has 0 unspecified atom stereocenters. The first kappa shape index (κ1) is 19.8. The van der Waals surface area contributed by atoms with Gasteiger partial charge in [0.05, 0.1) is 17.7 Å². The molecule has 1 aromatic carbocycles. The molecule has 144 valence electrons. The minimum atomic E-state index is -0.653. The van der Waals surface area contributed by atoms with Crippen molar-refractivity contribution in [3.63, 3.8) is 0 Å². The van der Waals surface area contributed by atoms with Crippen molar-refractivity contribution in [2.24, 2.45) is 0 Å². The van der Waals surface area contributed by atoms with E-state index in [-0.39, 0.29) is 23.6 Å². The Balaban J connectivity index is 2.27. The molecule has 9 heteroatoms. The van der Waals surface area contributed by atoms with E-state index in [1.54, 1.807) is 49.6 Å². The molecule has 0 aliphatic heterocycles. The molecule has 2 aromatic heterocycles. The molecule has 0 saturated heterocycles. The first-order valence-electron chi connectivity index (χ1n) is 8.37. The number of rotatable bonds is 5. The zero-order valence-corrected chi connectivity index (χ0v) is 16.6. The predicted molar refractivity (Wildman–Crippen MR) is 110 cm³/mol. The van der Waals surface area contributed by atoms with Crippen LogP contribution in [0.15, 0.2) is 46.6 Å². The van der Waals surface area contributed by atoms with Crippen LogP contribution in [0.5, 0.6) is 0 Å². The van der Waals surface area contributed by atoms with Crippen LogP contribution in [0.25, 0.3) is 16.5 Å². The monoisotopic (exact) mass is 417 g/mol. The van der Waals surface area contributed by atoms with Gasteiger partial charge in [-0.15, -0.1) is 11.3 Å². The fourth-order valence-corrected chi connectivity index (χ4v) is 3.62. The molecule has 0 bridgehead atoms. The molecule has 28 heavy (non-hydrogen) atoms. The fraction of sp³-hybridized carbons (Fsp3) is 0.158. The molecule has 0 atom stereocenters. The summed E-state index contributed by atoms with van der Waals surface area (Å²) in [4.78, 5) is 37.5. The summed E-state index contributed by atoms with van der Waals surface area (Å²) in [6.07, 6.45) is 2.93. The number of thiophene rings is 1. The summed E-state index contributed by atoms with van der Waals surface area (Å²) in [5, 5.41) is 9.84. The molecular weight excluding hydrogens is 402 g/mol. The highest BCUT2D eigenvalue weighted by atomic mass is 35.5. The lowest BCUT2D eigenvalue weighted by atomic mass is 10.2. The van der Waals surface area contributed by atoms with Gasteiger partial charge in [0.2, 0.25) is 5.91 Å². The summed E-state index contributed by atoms with van der Waals surface area (Å²) in [7, 11) is 0. The third-order valence-electron chi connectivity index (χ3n) is 3.75. The smallest absolute Gasteiger partial charge is 0.359 e. The molecule has 7 nitrogen and oxygen atoms in total. The fourth-order valence-electron chi connectivity index (χ4n) is 2.55. The number of hydrogen-bond donors (Lipinski definition) is 1. The van der Waals surface area contributed by atoms with Gasteiger partial charge in [-0.2, -0.15) is 9.78 Å². The number of ether oxygens (including phenoxy) is 1. The Bertz CT molecular complexity index is 1130. The average molecular weight is 418 g/mol. The van der Waals surface area contributed by atoms with E-state index in [1.165, 1.54) is 6.08 Å². The van der Waals surface area contributed by atoms with Crippen LogP contribution < -0.4 is 10.9 Å². The zero-order chi connectivity index (χ0) is 20.3. The number of amides is 1. The number of carbonyl (C=O) groups is 2. The summed E-state index contributed by atoms with van der Waals surface area (Å²) >= 11 is 7.06. The Kier molecular flexibility index (Phi) is 5.91. The van der Waals surface area contributed by atoms with Gasteiger partial charge in [0.25, 0.3) is 5.56 Å². The predicted octanol–water partition coefficient (Wildman–Crippen LogP) is 3.79. The van der Waals surface area contributed by atoms with Crippen LogP contribution in [0.1, 0.15) is 24.3 Å². The van der Waals surface area contributed by atoms with Crippen molar-refractivity contribution in [3.05, 3.63) is 62.9 Å². The molecule has 3 rings (SSSR count). The first-order chi connectivity index (χ1) is 13.5.